The minimum atomic E-state index is -4.22. The first kappa shape index (κ1) is 26.3. The fourth-order valence-electron chi connectivity index (χ4n) is 4.87. The van der Waals surface area contributed by atoms with Crippen LogP contribution < -0.4 is 14.4 Å². The topological polar surface area (TPSA) is 105 Å². The number of fused-ring (bicyclic) bond motifs is 1. The van der Waals surface area contributed by atoms with E-state index in [-0.39, 0.29) is 30.2 Å². The van der Waals surface area contributed by atoms with Gasteiger partial charge in [0.25, 0.3) is 5.91 Å². The van der Waals surface area contributed by atoms with Gasteiger partial charge >= 0.3 is 10.2 Å². The Morgan fingerprint density at radius 1 is 1.29 bits per heavy atom. The molecule has 0 bridgehead atoms. The molecule has 2 aliphatic heterocycles. The first-order chi connectivity index (χ1) is 18.3. The highest BCUT2D eigenvalue weighted by Gasteiger charge is 2.31. The quantitative estimate of drug-likeness (QED) is 0.438. The second-order valence-electron chi connectivity index (χ2n) is 9.34. The summed E-state index contributed by atoms with van der Waals surface area (Å²) in [5.41, 5.74) is 1.94. The number of nitrogens with one attached hydrogen (secondary N) is 1. The molecule has 2 aromatic heterocycles. The number of imidazole rings is 1. The van der Waals surface area contributed by atoms with Crippen LogP contribution in [0.5, 0.6) is 5.75 Å². The van der Waals surface area contributed by atoms with Gasteiger partial charge in [-0.1, -0.05) is 0 Å². The van der Waals surface area contributed by atoms with Crippen LogP contribution in [0.1, 0.15) is 41.4 Å². The van der Waals surface area contributed by atoms with Crippen molar-refractivity contribution < 1.29 is 31.5 Å². The van der Waals surface area contributed by atoms with Gasteiger partial charge in [0.15, 0.2) is 0 Å². The summed E-state index contributed by atoms with van der Waals surface area (Å²) in [7, 11) is -3.04. The minimum absolute atomic E-state index is 0.00540. The lowest BCUT2D eigenvalue weighted by molar-refractivity contribution is 0.0973. The average molecular weight is 550 g/mol. The van der Waals surface area contributed by atoms with Crippen molar-refractivity contribution in [1.82, 2.24) is 18.4 Å². The number of nitrogens with zero attached hydrogens (tertiary/aromatic N) is 4. The maximum atomic E-state index is 14.4. The van der Waals surface area contributed by atoms with E-state index in [1.165, 1.54) is 29.8 Å². The summed E-state index contributed by atoms with van der Waals surface area (Å²) < 4.78 is 67.5. The first-order valence-corrected chi connectivity index (χ1v) is 13.8. The molecule has 2 unspecified atom stereocenters. The number of carbonyl (C=O) groups excluding carboxylic acids is 1. The molecule has 38 heavy (non-hydrogen) atoms. The molecule has 0 radical (unpaired) electrons. The second kappa shape index (κ2) is 10.8. The van der Waals surface area contributed by atoms with Crippen LogP contribution in [-0.4, -0.2) is 74.1 Å². The SMILES string of the molecule is CN(CCF)S(=O)(=O)NC(=O)c1cnc2ccc(N3CCCC3c3cc(F)ccc3OC3CCOC3)cn12. The number of anilines is 1. The van der Waals surface area contributed by atoms with Crippen molar-refractivity contribution in [2.45, 2.75) is 31.4 Å². The molecule has 2 aliphatic rings. The van der Waals surface area contributed by atoms with Crippen LogP contribution in [0.25, 0.3) is 5.65 Å². The molecular weight excluding hydrogens is 520 g/mol. The van der Waals surface area contributed by atoms with Gasteiger partial charge in [0.2, 0.25) is 0 Å². The lowest BCUT2D eigenvalue weighted by Gasteiger charge is -2.29. The molecule has 0 saturated carbocycles. The van der Waals surface area contributed by atoms with Crippen molar-refractivity contribution >= 4 is 27.5 Å². The molecule has 1 aromatic carbocycles. The standard InChI is InChI=1S/C25H29F2N5O5S/c1-30(11-9-26)38(34,35)29-25(33)22-14-28-24-7-5-18(15-32(22)24)31-10-2-3-21(31)20-13-17(27)4-6-23(20)37-19-8-12-36-16-19/h4-7,13-15,19,21H,2-3,8-12,16H2,1H3,(H,29,33). The van der Waals surface area contributed by atoms with Crippen LogP contribution in [0.4, 0.5) is 14.5 Å². The van der Waals surface area contributed by atoms with Crippen molar-refractivity contribution in [1.29, 1.82) is 0 Å². The summed E-state index contributed by atoms with van der Waals surface area (Å²) in [5.74, 6) is -0.632. The predicted octanol–water partition coefficient (Wildman–Crippen LogP) is 2.86. The number of carbonyl (C=O) groups is 1. The van der Waals surface area contributed by atoms with Crippen LogP contribution in [0, 0.1) is 5.82 Å². The molecule has 0 aliphatic carbocycles. The number of amides is 1. The van der Waals surface area contributed by atoms with Gasteiger partial charge in [-0.3, -0.25) is 9.20 Å². The second-order valence-corrected chi connectivity index (χ2v) is 11.1. The third kappa shape index (κ3) is 5.31. The number of halogens is 2. The van der Waals surface area contributed by atoms with E-state index >= 15 is 0 Å². The molecule has 1 amide bonds. The Morgan fingerprint density at radius 2 is 2.13 bits per heavy atom. The molecule has 1 N–H and O–H groups in total. The zero-order valence-electron chi connectivity index (χ0n) is 20.8. The summed E-state index contributed by atoms with van der Waals surface area (Å²) in [6.45, 7) is 0.554. The Balaban J connectivity index is 1.44. The smallest absolute Gasteiger partial charge is 0.303 e. The maximum Gasteiger partial charge on any atom is 0.303 e. The summed E-state index contributed by atoms with van der Waals surface area (Å²) in [6.07, 6.45) is 5.31. The number of hydrogen-bond acceptors (Lipinski definition) is 7. The highest BCUT2D eigenvalue weighted by Crippen LogP contribution is 2.41. The van der Waals surface area contributed by atoms with Gasteiger partial charge < -0.3 is 14.4 Å². The summed E-state index contributed by atoms with van der Waals surface area (Å²) in [4.78, 5) is 19.2. The van der Waals surface area contributed by atoms with E-state index in [0.29, 0.717) is 31.2 Å². The molecular formula is C25H29F2N5O5S. The Bertz CT molecular complexity index is 1430. The number of rotatable bonds is 9. The van der Waals surface area contributed by atoms with Crippen LogP contribution >= 0.6 is 0 Å². The lowest BCUT2D eigenvalue weighted by Crippen LogP contribution is -2.42. The molecule has 10 nitrogen and oxygen atoms in total. The number of pyridine rings is 1. The van der Waals surface area contributed by atoms with Crippen molar-refractivity contribution in [3.8, 4) is 5.75 Å². The van der Waals surface area contributed by atoms with E-state index in [2.05, 4.69) is 9.88 Å². The predicted molar refractivity (Wildman–Crippen MR) is 136 cm³/mol. The van der Waals surface area contributed by atoms with Gasteiger partial charge in [-0.05, 0) is 43.2 Å². The Labute approximate surface area is 219 Å². The average Bonchev–Trinajstić information content (AvgIpc) is 3.65. The van der Waals surface area contributed by atoms with Crippen LogP contribution in [0.15, 0.2) is 42.7 Å². The van der Waals surface area contributed by atoms with Gasteiger partial charge in [0, 0.05) is 38.3 Å². The van der Waals surface area contributed by atoms with Crippen LogP contribution in [-0.2, 0) is 14.9 Å². The molecule has 2 fully saturated rings. The van der Waals surface area contributed by atoms with E-state index in [4.69, 9.17) is 9.47 Å². The summed E-state index contributed by atoms with van der Waals surface area (Å²) >= 11 is 0. The van der Waals surface area contributed by atoms with E-state index in [1.807, 2.05) is 10.8 Å². The molecule has 204 valence electrons. The van der Waals surface area contributed by atoms with Crippen molar-refractivity contribution in [3.05, 3.63) is 59.8 Å². The monoisotopic (exact) mass is 549 g/mol. The maximum absolute atomic E-state index is 14.4. The zero-order valence-corrected chi connectivity index (χ0v) is 21.7. The molecule has 13 heteroatoms. The van der Waals surface area contributed by atoms with E-state index < -0.39 is 22.8 Å². The zero-order chi connectivity index (χ0) is 26.9. The third-order valence-electron chi connectivity index (χ3n) is 6.85. The van der Waals surface area contributed by atoms with E-state index in [1.54, 1.807) is 18.3 Å². The lowest BCUT2D eigenvalue weighted by atomic mass is 10.0. The van der Waals surface area contributed by atoms with Gasteiger partial charge in [0.05, 0.1) is 31.1 Å². The van der Waals surface area contributed by atoms with Gasteiger partial charge in [-0.15, -0.1) is 0 Å². The van der Waals surface area contributed by atoms with Crippen molar-refractivity contribution in [2.75, 3.05) is 44.9 Å². The number of ether oxygens (including phenoxy) is 2. The Morgan fingerprint density at radius 3 is 2.89 bits per heavy atom. The third-order valence-corrected chi connectivity index (χ3v) is 8.30. The Hall–Kier alpha value is -3.29. The fourth-order valence-corrected chi connectivity index (χ4v) is 5.67. The van der Waals surface area contributed by atoms with E-state index in [0.717, 1.165) is 34.8 Å². The fraction of sp³-hybridized carbons (Fsp3) is 0.440. The molecule has 0 spiro atoms. The van der Waals surface area contributed by atoms with Gasteiger partial charge in [0.1, 0.15) is 35.7 Å². The highest BCUT2D eigenvalue weighted by molar-refractivity contribution is 7.87. The number of aromatic nitrogens is 2. The van der Waals surface area contributed by atoms with E-state index in [9.17, 15) is 22.0 Å². The largest absolute Gasteiger partial charge is 0.488 e. The van der Waals surface area contributed by atoms with Gasteiger partial charge in [-0.25, -0.2) is 18.5 Å². The molecule has 2 saturated heterocycles. The number of alkyl halides is 1. The molecule has 3 aromatic rings. The van der Waals surface area contributed by atoms with Crippen LogP contribution in [0.3, 0.4) is 0 Å². The molecule has 4 heterocycles. The van der Waals surface area contributed by atoms with Gasteiger partial charge in [-0.2, -0.15) is 12.7 Å². The summed E-state index contributed by atoms with van der Waals surface area (Å²) in [5, 5.41) is 0. The van der Waals surface area contributed by atoms with Crippen molar-refractivity contribution in [3.63, 3.8) is 0 Å². The van der Waals surface area contributed by atoms with Crippen LogP contribution in [0.2, 0.25) is 0 Å². The highest BCUT2D eigenvalue weighted by atomic mass is 32.2. The number of benzene rings is 1. The van der Waals surface area contributed by atoms with Crippen molar-refractivity contribution in [2.24, 2.45) is 0 Å². The normalized spacial score (nSPS) is 19.9. The molecule has 5 rings (SSSR count). The number of hydrogen-bond donors (Lipinski definition) is 1. The minimum Gasteiger partial charge on any atom is -0.488 e. The molecule has 2 atom stereocenters. The first-order valence-electron chi connectivity index (χ1n) is 12.4. The Kier molecular flexibility index (Phi) is 7.50. The summed E-state index contributed by atoms with van der Waals surface area (Å²) in [6, 6.07) is 7.96.